The predicted octanol–water partition coefficient (Wildman–Crippen LogP) is 3.66. The Morgan fingerprint density at radius 1 is 1.42 bits per heavy atom. The number of urea groups is 1. The van der Waals surface area contributed by atoms with Gasteiger partial charge < -0.3 is 19.5 Å². The molecule has 3 atom stereocenters. The van der Waals surface area contributed by atoms with Gasteiger partial charge in [-0.2, -0.15) is 0 Å². The van der Waals surface area contributed by atoms with Crippen molar-refractivity contribution in [1.29, 1.82) is 0 Å². The molecule has 0 spiro atoms. The predicted molar refractivity (Wildman–Crippen MR) is 97.0 cm³/mol. The fourth-order valence-electron chi connectivity index (χ4n) is 3.62. The third-order valence-electron chi connectivity index (χ3n) is 5.06. The standard InChI is InChI=1S/C19H33N3O2/c1-13-12-21(6)11-10-15(13)22(7)18(23)20-17(19(3,4)5)16-9-8-14(2)24-16/h8-9,13,15,17H,10-12H2,1-7H3,(H,20,23)/t13-,15+,17-/m0/s1. The summed E-state index contributed by atoms with van der Waals surface area (Å²) in [5, 5.41) is 3.20. The zero-order chi connectivity index (χ0) is 18.1. The quantitative estimate of drug-likeness (QED) is 0.917. The van der Waals surface area contributed by atoms with Crippen molar-refractivity contribution in [2.24, 2.45) is 11.3 Å². The molecule has 0 aliphatic carbocycles. The van der Waals surface area contributed by atoms with Crippen molar-refractivity contribution in [1.82, 2.24) is 15.1 Å². The van der Waals surface area contributed by atoms with E-state index in [1.807, 2.05) is 31.0 Å². The zero-order valence-corrected chi connectivity index (χ0v) is 16.2. The molecule has 2 heterocycles. The zero-order valence-electron chi connectivity index (χ0n) is 16.2. The molecule has 24 heavy (non-hydrogen) atoms. The van der Waals surface area contributed by atoms with Gasteiger partial charge in [0.1, 0.15) is 11.5 Å². The van der Waals surface area contributed by atoms with E-state index in [0.717, 1.165) is 31.0 Å². The lowest BCUT2D eigenvalue weighted by atomic mass is 9.85. The number of hydrogen-bond donors (Lipinski definition) is 1. The first-order valence-electron chi connectivity index (χ1n) is 8.87. The van der Waals surface area contributed by atoms with Crippen molar-refractivity contribution in [2.75, 3.05) is 27.2 Å². The minimum atomic E-state index is -0.150. The van der Waals surface area contributed by atoms with Crippen LogP contribution in [0.3, 0.4) is 0 Å². The van der Waals surface area contributed by atoms with Crippen molar-refractivity contribution in [3.63, 3.8) is 0 Å². The van der Waals surface area contributed by atoms with Gasteiger partial charge in [-0.15, -0.1) is 0 Å². The number of nitrogens with zero attached hydrogens (tertiary/aromatic N) is 2. The van der Waals surface area contributed by atoms with Gasteiger partial charge in [0.05, 0.1) is 6.04 Å². The fraction of sp³-hybridized carbons (Fsp3) is 0.737. The van der Waals surface area contributed by atoms with Gasteiger partial charge in [-0.3, -0.25) is 0 Å². The molecular weight excluding hydrogens is 302 g/mol. The van der Waals surface area contributed by atoms with E-state index in [-0.39, 0.29) is 23.5 Å². The summed E-state index contributed by atoms with van der Waals surface area (Å²) >= 11 is 0. The number of likely N-dealkylation sites (tertiary alicyclic amines) is 1. The lowest BCUT2D eigenvalue weighted by Gasteiger charge is -2.41. The number of piperidine rings is 1. The summed E-state index contributed by atoms with van der Waals surface area (Å²) in [4.78, 5) is 17.1. The number of nitrogens with one attached hydrogen (secondary N) is 1. The molecule has 1 aromatic heterocycles. The number of rotatable bonds is 3. The molecule has 1 aliphatic rings. The number of amides is 2. The molecule has 0 aromatic carbocycles. The van der Waals surface area contributed by atoms with Crippen LogP contribution in [-0.2, 0) is 0 Å². The van der Waals surface area contributed by atoms with Crippen molar-refractivity contribution >= 4 is 6.03 Å². The highest BCUT2D eigenvalue weighted by Gasteiger charge is 2.34. The molecule has 0 bridgehead atoms. The third-order valence-corrected chi connectivity index (χ3v) is 5.06. The van der Waals surface area contributed by atoms with Crippen molar-refractivity contribution in [3.05, 3.63) is 23.7 Å². The van der Waals surface area contributed by atoms with Gasteiger partial charge in [-0.1, -0.05) is 27.7 Å². The Morgan fingerprint density at radius 3 is 2.58 bits per heavy atom. The first-order valence-corrected chi connectivity index (χ1v) is 8.87. The molecular formula is C19H33N3O2. The van der Waals surface area contributed by atoms with E-state index in [9.17, 15) is 4.79 Å². The maximum atomic E-state index is 12.9. The molecule has 1 saturated heterocycles. The second-order valence-corrected chi connectivity index (χ2v) is 8.40. The number of carbonyl (C=O) groups is 1. The van der Waals surface area contributed by atoms with Gasteiger partial charge in [0.2, 0.25) is 0 Å². The molecule has 0 saturated carbocycles. The van der Waals surface area contributed by atoms with Crippen LogP contribution >= 0.6 is 0 Å². The van der Waals surface area contributed by atoms with Gasteiger partial charge in [0, 0.05) is 19.6 Å². The Morgan fingerprint density at radius 2 is 2.08 bits per heavy atom. The lowest BCUT2D eigenvalue weighted by Crippen LogP contribution is -2.53. The summed E-state index contributed by atoms with van der Waals surface area (Å²) in [6.45, 7) is 12.6. The van der Waals surface area contributed by atoms with Crippen LogP contribution in [0.5, 0.6) is 0 Å². The van der Waals surface area contributed by atoms with Gasteiger partial charge in [0.15, 0.2) is 0 Å². The lowest BCUT2D eigenvalue weighted by molar-refractivity contribution is 0.101. The van der Waals surface area contributed by atoms with E-state index in [2.05, 4.69) is 45.0 Å². The highest BCUT2D eigenvalue weighted by molar-refractivity contribution is 5.75. The Kier molecular flexibility index (Phi) is 5.63. The van der Waals surface area contributed by atoms with Crippen LogP contribution in [0.4, 0.5) is 4.79 Å². The van der Waals surface area contributed by atoms with Crippen LogP contribution in [-0.4, -0.2) is 49.1 Å². The summed E-state index contributed by atoms with van der Waals surface area (Å²) in [6, 6.07) is 4.01. The topological polar surface area (TPSA) is 48.7 Å². The van der Waals surface area contributed by atoms with Crippen LogP contribution in [0.15, 0.2) is 16.5 Å². The van der Waals surface area contributed by atoms with Crippen molar-refractivity contribution < 1.29 is 9.21 Å². The van der Waals surface area contributed by atoms with Gasteiger partial charge in [0.25, 0.3) is 0 Å². The molecule has 1 aromatic rings. The maximum Gasteiger partial charge on any atom is 0.318 e. The minimum Gasteiger partial charge on any atom is -0.464 e. The van der Waals surface area contributed by atoms with Gasteiger partial charge >= 0.3 is 6.03 Å². The Balaban J connectivity index is 2.10. The molecule has 2 rings (SSSR count). The summed E-state index contributed by atoms with van der Waals surface area (Å²) in [5.41, 5.74) is -0.126. The fourth-order valence-corrected chi connectivity index (χ4v) is 3.62. The highest BCUT2D eigenvalue weighted by Crippen LogP contribution is 2.34. The van der Waals surface area contributed by atoms with Gasteiger partial charge in [-0.05, 0) is 50.4 Å². The van der Waals surface area contributed by atoms with Crippen LogP contribution in [0.1, 0.15) is 51.7 Å². The second kappa shape index (κ2) is 7.18. The van der Waals surface area contributed by atoms with Crippen LogP contribution in [0.2, 0.25) is 0 Å². The average molecular weight is 335 g/mol. The van der Waals surface area contributed by atoms with Gasteiger partial charge in [-0.25, -0.2) is 4.79 Å². The average Bonchev–Trinajstić information content (AvgIpc) is 2.88. The second-order valence-electron chi connectivity index (χ2n) is 8.40. The molecule has 1 aliphatic heterocycles. The molecule has 5 heteroatoms. The SMILES string of the molecule is Cc1ccc([C@H](NC(=O)N(C)[C@@H]2CCN(C)C[C@@H]2C)C(C)(C)C)o1. The van der Waals surface area contributed by atoms with E-state index in [0.29, 0.717) is 5.92 Å². The smallest absolute Gasteiger partial charge is 0.318 e. The van der Waals surface area contributed by atoms with E-state index >= 15 is 0 Å². The van der Waals surface area contributed by atoms with E-state index in [1.165, 1.54) is 0 Å². The molecule has 0 radical (unpaired) electrons. The van der Waals surface area contributed by atoms with E-state index in [4.69, 9.17) is 4.42 Å². The molecule has 2 amide bonds. The summed E-state index contributed by atoms with van der Waals surface area (Å²) in [6.07, 6.45) is 1.02. The molecule has 0 unspecified atom stereocenters. The molecule has 5 nitrogen and oxygen atoms in total. The van der Waals surface area contributed by atoms with Crippen LogP contribution in [0.25, 0.3) is 0 Å². The Hall–Kier alpha value is -1.49. The Bertz CT molecular complexity index is 561. The summed E-state index contributed by atoms with van der Waals surface area (Å²) in [5.74, 6) is 2.16. The summed E-state index contributed by atoms with van der Waals surface area (Å²) in [7, 11) is 4.05. The number of carbonyl (C=O) groups excluding carboxylic acids is 1. The number of aryl methyl sites for hydroxylation is 1. The molecule has 1 N–H and O–H groups in total. The van der Waals surface area contributed by atoms with Crippen molar-refractivity contribution in [3.8, 4) is 0 Å². The third kappa shape index (κ3) is 4.32. The molecule has 136 valence electrons. The highest BCUT2D eigenvalue weighted by atomic mass is 16.3. The number of furan rings is 1. The minimum absolute atomic E-state index is 0.0228. The normalized spacial score (nSPS) is 23.8. The van der Waals surface area contributed by atoms with E-state index in [1.54, 1.807) is 0 Å². The first-order chi connectivity index (χ1) is 11.1. The Labute approximate surface area is 146 Å². The van der Waals surface area contributed by atoms with Crippen LogP contribution in [0, 0.1) is 18.3 Å². The van der Waals surface area contributed by atoms with Crippen LogP contribution < -0.4 is 5.32 Å². The number of hydrogen-bond acceptors (Lipinski definition) is 3. The van der Waals surface area contributed by atoms with Crippen molar-refractivity contribution in [2.45, 2.75) is 53.1 Å². The molecule has 1 fully saturated rings. The maximum absolute atomic E-state index is 12.9. The first kappa shape index (κ1) is 18.8. The summed E-state index contributed by atoms with van der Waals surface area (Å²) < 4.78 is 5.79. The monoisotopic (exact) mass is 335 g/mol. The largest absolute Gasteiger partial charge is 0.464 e. The van der Waals surface area contributed by atoms with E-state index < -0.39 is 0 Å².